The van der Waals surface area contributed by atoms with E-state index in [-0.39, 0.29) is 29.7 Å². The van der Waals surface area contributed by atoms with Crippen LogP contribution in [0.2, 0.25) is 0 Å². The van der Waals surface area contributed by atoms with Crippen LogP contribution in [0.25, 0.3) is 0 Å². The third kappa shape index (κ3) is 4.72. The van der Waals surface area contributed by atoms with E-state index in [4.69, 9.17) is 0 Å². The Kier molecular flexibility index (Phi) is 7.38. The number of rotatable bonds is 5. The summed E-state index contributed by atoms with van der Waals surface area (Å²) in [6, 6.07) is 4.39. The number of nitrogens with one attached hydrogen (secondary N) is 2. The molecular weight excluding hydrogens is 396 g/mol. The molecule has 2 rings (SSSR count). The lowest BCUT2D eigenvalue weighted by Crippen LogP contribution is -2.46. The molecule has 1 fully saturated rings. The Balaban J connectivity index is 0.00000242. The van der Waals surface area contributed by atoms with Crippen LogP contribution in [0.15, 0.2) is 23.2 Å². The van der Waals surface area contributed by atoms with Crippen molar-refractivity contribution in [2.24, 2.45) is 10.4 Å². The van der Waals surface area contributed by atoms with Gasteiger partial charge in [-0.05, 0) is 42.4 Å². The fourth-order valence-electron chi connectivity index (χ4n) is 2.67. The van der Waals surface area contributed by atoms with Gasteiger partial charge >= 0.3 is 0 Å². The van der Waals surface area contributed by atoms with Gasteiger partial charge in [0.05, 0.1) is 0 Å². The Hall–Kier alpha value is -1.05. The molecule has 0 saturated heterocycles. The summed E-state index contributed by atoms with van der Waals surface area (Å²) in [5.41, 5.74) is 1.18. The van der Waals surface area contributed by atoms with Gasteiger partial charge in [0.25, 0.3) is 0 Å². The van der Waals surface area contributed by atoms with Crippen LogP contribution in [0.1, 0.15) is 38.2 Å². The second-order valence-electron chi connectivity index (χ2n) is 5.77. The Morgan fingerprint density at radius 3 is 2.59 bits per heavy atom. The van der Waals surface area contributed by atoms with E-state index in [1.54, 1.807) is 13.1 Å². The van der Waals surface area contributed by atoms with E-state index < -0.39 is 5.82 Å². The van der Waals surface area contributed by atoms with Gasteiger partial charge in [0.1, 0.15) is 0 Å². The number of phenols is 1. The van der Waals surface area contributed by atoms with Crippen LogP contribution in [0, 0.1) is 11.2 Å². The van der Waals surface area contributed by atoms with Crippen molar-refractivity contribution in [3.63, 3.8) is 0 Å². The largest absolute Gasteiger partial charge is 0.505 e. The normalized spacial score (nSPS) is 16.4. The highest BCUT2D eigenvalue weighted by Crippen LogP contribution is 2.42. The Bertz CT molecular complexity index is 513. The number of aromatic hydroxyl groups is 1. The van der Waals surface area contributed by atoms with Crippen molar-refractivity contribution in [1.29, 1.82) is 0 Å². The summed E-state index contributed by atoms with van der Waals surface area (Å²) >= 11 is 0. The molecule has 1 aromatic carbocycles. The van der Waals surface area contributed by atoms with Gasteiger partial charge in [-0.15, -0.1) is 24.0 Å². The van der Waals surface area contributed by atoms with E-state index >= 15 is 0 Å². The van der Waals surface area contributed by atoms with E-state index in [1.807, 2.05) is 0 Å². The first-order chi connectivity index (χ1) is 10.1. The lowest BCUT2D eigenvalue weighted by molar-refractivity contribution is 0.131. The topological polar surface area (TPSA) is 56.7 Å². The molecule has 0 heterocycles. The number of halogens is 2. The minimum Gasteiger partial charge on any atom is -0.505 e. The minimum absolute atomic E-state index is 0. The third-order valence-electron chi connectivity index (χ3n) is 4.49. The quantitative estimate of drug-likeness (QED) is 0.388. The van der Waals surface area contributed by atoms with Crippen LogP contribution in [-0.2, 0) is 6.54 Å². The highest BCUT2D eigenvalue weighted by Gasteiger charge is 2.34. The number of phenolic OH excluding ortho intramolecular Hbond substituents is 1. The zero-order valence-electron chi connectivity index (χ0n) is 13.2. The second-order valence-corrected chi connectivity index (χ2v) is 5.77. The molecule has 124 valence electrons. The molecule has 4 nitrogen and oxygen atoms in total. The summed E-state index contributed by atoms with van der Waals surface area (Å²) in [4.78, 5) is 4.19. The number of hydrogen-bond donors (Lipinski definition) is 3. The minimum atomic E-state index is -0.600. The number of benzene rings is 1. The molecule has 3 N–H and O–H groups in total. The van der Waals surface area contributed by atoms with E-state index in [1.165, 1.54) is 37.8 Å². The molecule has 0 bridgehead atoms. The average Bonchev–Trinajstić information content (AvgIpc) is 2.45. The van der Waals surface area contributed by atoms with Gasteiger partial charge in [-0.1, -0.05) is 19.4 Å². The molecule has 1 aliphatic carbocycles. The molecule has 1 saturated carbocycles. The molecule has 22 heavy (non-hydrogen) atoms. The van der Waals surface area contributed by atoms with Gasteiger partial charge in [0.15, 0.2) is 17.5 Å². The molecule has 0 amide bonds. The van der Waals surface area contributed by atoms with Crippen molar-refractivity contribution in [1.82, 2.24) is 10.6 Å². The summed E-state index contributed by atoms with van der Waals surface area (Å²) in [5.74, 6) is -0.198. The maximum absolute atomic E-state index is 13.3. The Morgan fingerprint density at radius 2 is 2.09 bits per heavy atom. The molecule has 6 heteroatoms. The molecule has 1 aromatic rings. The molecular formula is C16H25FIN3O. The average molecular weight is 421 g/mol. The zero-order chi connectivity index (χ0) is 15.3. The van der Waals surface area contributed by atoms with Crippen molar-refractivity contribution in [2.75, 3.05) is 13.6 Å². The summed E-state index contributed by atoms with van der Waals surface area (Å²) in [7, 11) is 1.73. The maximum Gasteiger partial charge on any atom is 0.191 e. The summed E-state index contributed by atoms with van der Waals surface area (Å²) in [6.45, 7) is 3.62. The fraction of sp³-hybridized carbons (Fsp3) is 0.562. The second kappa shape index (κ2) is 8.55. The first-order valence-electron chi connectivity index (χ1n) is 7.50. The SMILES string of the molecule is CCC1(CNC(=NC)NCc2ccc(O)c(F)c2)CCC1.I. The summed E-state index contributed by atoms with van der Waals surface area (Å²) < 4.78 is 13.3. The number of guanidine groups is 1. The molecule has 0 radical (unpaired) electrons. The van der Waals surface area contributed by atoms with Crippen molar-refractivity contribution < 1.29 is 9.50 Å². The van der Waals surface area contributed by atoms with E-state index in [0.29, 0.717) is 12.0 Å². The van der Waals surface area contributed by atoms with Crippen LogP contribution in [0.5, 0.6) is 5.75 Å². The van der Waals surface area contributed by atoms with Gasteiger partial charge in [0, 0.05) is 20.1 Å². The number of aliphatic imine (C=N–C) groups is 1. The third-order valence-corrected chi connectivity index (χ3v) is 4.49. The van der Waals surface area contributed by atoms with Crippen molar-refractivity contribution >= 4 is 29.9 Å². The van der Waals surface area contributed by atoms with E-state index in [2.05, 4.69) is 22.5 Å². The van der Waals surface area contributed by atoms with E-state index in [9.17, 15) is 9.50 Å². The fourth-order valence-corrected chi connectivity index (χ4v) is 2.67. The van der Waals surface area contributed by atoms with Crippen LogP contribution in [-0.4, -0.2) is 24.7 Å². The first kappa shape index (κ1) is 19.0. The molecule has 1 aliphatic rings. The van der Waals surface area contributed by atoms with Crippen LogP contribution >= 0.6 is 24.0 Å². The smallest absolute Gasteiger partial charge is 0.191 e. The molecule has 0 aromatic heterocycles. The molecule has 0 aliphatic heterocycles. The van der Waals surface area contributed by atoms with Crippen molar-refractivity contribution in [2.45, 2.75) is 39.2 Å². The van der Waals surface area contributed by atoms with Crippen molar-refractivity contribution in [3.8, 4) is 5.75 Å². The summed E-state index contributed by atoms with van der Waals surface area (Å²) in [5, 5.41) is 15.7. The lowest BCUT2D eigenvalue weighted by atomic mass is 9.67. The van der Waals surface area contributed by atoms with Gasteiger partial charge in [-0.3, -0.25) is 4.99 Å². The van der Waals surface area contributed by atoms with Crippen LogP contribution < -0.4 is 10.6 Å². The van der Waals surface area contributed by atoms with Crippen LogP contribution in [0.4, 0.5) is 4.39 Å². The van der Waals surface area contributed by atoms with Gasteiger partial charge in [0.2, 0.25) is 0 Å². The van der Waals surface area contributed by atoms with Gasteiger partial charge in [-0.2, -0.15) is 0 Å². The Labute approximate surface area is 148 Å². The zero-order valence-corrected chi connectivity index (χ0v) is 15.5. The van der Waals surface area contributed by atoms with Crippen LogP contribution in [0.3, 0.4) is 0 Å². The highest BCUT2D eigenvalue weighted by molar-refractivity contribution is 14.0. The monoisotopic (exact) mass is 421 g/mol. The molecule has 0 atom stereocenters. The van der Waals surface area contributed by atoms with Gasteiger partial charge in [-0.25, -0.2) is 4.39 Å². The Morgan fingerprint density at radius 1 is 1.36 bits per heavy atom. The molecule has 0 spiro atoms. The molecule has 0 unspecified atom stereocenters. The first-order valence-corrected chi connectivity index (χ1v) is 7.50. The highest BCUT2D eigenvalue weighted by atomic mass is 127. The lowest BCUT2D eigenvalue weighted by Gasteiger charge is -2.41. The van der Waals surface area contributed by atoms with E-state index in [0.717, 1.165) is 18.1 Å². The standard InChI is InChI=1S/C16H24FN3O.HI/c1-3-16(7-4-8-16)11-20-15(18-2)19-10-12-5-6-14(21)13(17)9-12;/h5-6,9,21H,3-4,7-8,10-11H2,1-2H3,(H2,18,19,20);1H. The predicted octanol–water partition coefficient (Wildman–Crippen LogP) is 3.39. The summed E-state index contributed by atoms with van der Waals surface area (Å²) in [6.07, 6.45) is 5.04. The maximum atomic E-state index is 13.3. The van der Waals surface area contributed by atoms with Gasteiger partial charge < -0.3 is 15.7 Å². The number of hydrogen-bond acceptors (Lipinski definition) is 2. The number of nitrogens with zero attached hydrogens (tertiary/aromatic N) is 1. The predicted molar refractivity (Wildman–Crippen MR) is 98.3 cm³/mol. The van der Waals surface area contributed by atoms with Crippen molar-refractivity contribution in [3.05, 3.63) is 29.6 Å².